The lowest BCUT2D eigenvalue weighted by Gasteiger charge is -2.34. The van der Waals surface area contributed by atoms with Gasteiger partial charge in [0.05, 0.1) is 13.0 Å². The molecule has 1 aromatic heterocycles. The van der Waals surface area contributed by atoms with Gasteiger partial charge < -0.3 is 9.42 Å². The van der Waals surface area contributed by atoms with Crippen LogP contribution in [0.15, 0.2) is 28.8 Å². The molecule has 1 amide bonds. The van der Waals surface area contributed by atoms with Gasteiger partial charge in [0.25, 0.3) is 0 Å². The smallest absolute Gasteiger partial charge is 0.229 e. The Hall–Kier alpha value is -2.28. The predicted molar refractivity (Wildman–Crippen MR) is 88.2 cm³/mol. The highest BCUT2D eigenvalue weighted by Crippen LogP contribution is 2.38. The number of carbonyl (C=O) groups is 1. The molecule has 25 heavy (non-hydrogen) atoms. The van der Waals surface area contributed by atoms with Crippen LogP contribution < -0.4 is 0 Å². The van der Waals surface area contributed by atoms with Crippen molar-refractivity contribution in [3.8, 4) is 0 Å². The molecule has 7 heteroatoms. The fraction of sp³-hybridized carbons (Fsp3) is 0.500. The third-order valence-electron chi connectivity index (χ3n) is 4.77. The number of halogens is 1. The summed E-state index contributed by atoms with van der Waals surface area (Å²) in [5.74, 6) is 1.77. The summed E-state index contributed by atoms with van der Waals surface area (Å²) in [5, 5.41) is 4.05. The molecule has 2 fully saturated rings. The summed E-state index contributed by atoms with van der Waals surface area (Å²) < 4.78 is 18.2. The molecule has 0 unspecified atom stereocenters. The molecule has 4 rings (SSSR count). The first-order valence-electron chi connectivity index (χ1n) is 8.74. The zero-order valence-corrected chi connectivity index (χ0v) is 14.0. The van der Waals surface area contributed by atoms with Crippen molar-refractivity contribution in [2.75, 3.05) is 26.2 Å². The largest absolute Gasteiger partial charge is 0.340 e. The molecule has 0 radical (unpaired) electrons. The van der Waals surface area contributed by atoms with E-state index in [1.54, 1.807) is 12.1 Å². The minimum Gasteiger partial charge on any atom is -0.340 e. The molecule has 1 saturated heterocycles. The lowest BCUT2D eigenvalue weighted by molar-refractivity contribution is -0.132. The van der Waals surface area contributed by atoms with Gasteiger partial charge in [-0.3, -0.25) is 9.69 Å². The van der Waals surface area contributed by atoms with E-state index < -0.39 is 0 Å². The number of piperazine rings is 1. The highest BCUT2D eigenvalue weighted by molar-refractivity contribution is 5.78. The molecule has 1 aromatic carbocycles. The zero-order chi connectivity index (χ0) is 17.2. The Balaban J connectivity index is 1.25. The van der Waals surface area contributed by atoms with Crippen LogP contribution in [0.25, 0.3) is 0 Å². The second-order valence-corrected chi connectivity index (χ2v) is 6.78. The number of aromatic nitrogens is 2. The first-order chi connectivity index (χ1) is 12.2. The lowest BCUT2D eigenvalue weighted by atomic mass is 10.1. The summed E-state index contributed by atoms with van der Waals surface area (Å²) in [6, 6.07) is 6.11. The van der Waals surface area contributed by atoms with Gasteiger partial charge in [-0.2, -0.15) is 4.98 Å². The fourth-order valence-electron chi connectivity index (χ4n) is 3.07. The highest BCUT2D eigenvalue weighted by atomic mass is 19.1. The minimum atomic E-state index is -0.281. The summed E-state index contributed by atoms with van der Waals surface area (Å²) in [4.78, 5) is 20.9. The number of carbonyl (C=O) groups excluding carboxylic acids is 1. The summed E-state index contributed by atoms with van der Waals surface area (Å²) in [7, 11) is 0. The maximum atomic E-state index is 12.9. The Morgan fingerprint density at radius 3 is 2.56 bits per heavy atom. The van der Waals surface area contributed by atoms with Crippen LogP contribution in [0.1, 0.15) is 36.0 Å². The van der Waals surface area contributed by atoms with E-state index in [4.69, 9.17) is 4.52 Å². The van der Waals surface area contributed by atoms with Gasteiger partial charge in [-0.25, -0.2) is 4.39 Å². The van der Waals surface area contributed by atoms with Crippen molar-refractivity contribution in [1.82, 2.24) is 19.9 Å². The van der Waals surface area contributed by atoms with Crippen molar-refractivity contribution in [2.45, 2.75) is 31.7 Å². The van der Waals surface area contributed by atoms with Gasteiger partial charge in [-0.1, -0.05) is 17.3 Å². The van der Waals surface area contributed by atoms with Crippen molar-refractivity contribution in [2.24, 2.45) is 0 Å². The number of amides is 1. The van der Waals surface area contributed by atoms with E-state index in [-0.39, 0.29) is 11.7 Å². The second-order valence-electron chi connectivity index (χ2n) is 6.78. The van der Waals surface area contributed by atoms with Crippen molar-refractivity contribution < 1.29 is 13.7 Å². The van der Waals surface area contributed by atoms with Gasteiger partial charge in [0.2, 0.25) is 11.8 Å². The molecular weight excluding hydrogens is 323 g/mol. The van der Waals surface area contributed by atoms with Crippen LogP contribution in [-0.2, 0) is 17.8 Å². The van der Waals surface area contributed by atoms with Gasteiger partial charge in [0, 0.05) is 32.1 Å². The third-order valence-corrected chi connectivity index (χ3v) is 4.77. The Labute approximate surface area is 145 Å². The molecule has 0 spiro atoms. The maximum Gasteiger partial charge on any atom is 0.229 e. The van der Waals surface area contributed by atoms with Gasteiger partial charge >= 0.3 is 0 Å². The molecule has 0 atom stereocenters. The quantitative estimate of drug-likeness (QED) is 0.830. The molecule has 0 N–H and O–H groups in total. The first kappa shape index (κ1) is 16.2. The third kappa shape index (κ3) is 4.04. The summed E-state index contributed by atoms with van der Waals surface area (Å²) in [6.45, 7) is 3.63. The van der Waals surface area contributed by atoms with Crippen molar-refractivity contribution in [3.63, 3.8) is 0 Å². The molecule has 2 aromatic rings. The summed E-state index contributed by atoms with van der Waals surface area (Å²) in [5.41, 5.74) is 0.841. The standard InChI is InChI=1S/C18H21FN4O2/c19-15-5-1-13(2-6-15)11-17(24)23-9-7-22(8-10-23)12-16-20-18(25-21-16)14-3-4-14/h1-2,5-6,14H,3-4,7-12H2. The number of rotatable bonds is 5. The van der Waals surface area contributed by atoms with E-state index in [2.05, 4.69) is 15.0 Å². The van der Waals surface area contributed by atoms with Crippen molar-refractivity contribution >= 4 is 5.91 Å². The zero-order valence-electron chi connectivity index (χ0n) is 14.0. The van der Waals surface area contributed by atoms with Crippen LogP contribution in [0.4, 0.5) is 4.39 Å². The first-order valence-corrected chi connectivity index (χ1v) is 8.74. The molecule has 0 bridgehead atoms. The van der Waals surface area contributed by atoms with E-state index >= 15 is 0 Å². The molecule has 6 nitrogen and oxygen atoms in total. The monoisotopic (exact) mass is 344 g/mol. The molecule has 1 aliphatic heterocycles. The molecule has 132 valence electrons. The second kappa shape index (κ2) is 6.92. The Morgan fingerprint density at radius 2 is 1.88 bits per heavy atom. The van der Waals surface area contributed by atoms with E-state index in [9.17, 15) is 9.18 Å². The van der Waals surface area contributed by atoms with E-state index in [1.165, 1.54) is 12.1 Å². The van der Waals surface area contributed by atoms with Crippen LogP contribution in [0.2, 0.25) is 0 Å². The van der Waals surface area contributed by atoms with Gasteiger partial charge in [-0.15, -0.1) is 0 Å². The van der Waals surface area contributed by atoms with Crippen LogP contribution in [0.3, 0.4) is 0 Å². The highest BCUT2D eigenvalue weighted by Gasteiger charge is 2.30. The molecule has 1 saturated carbocycles. The maximum absolute atomic E-state index is 12.9. The van der Waals surface area contributed by atoms with E-state index in [1.807, 2.05) is 4.90 Å². The van der Waals surface area contributed by atoms with E-state index in [0.29, 0.717) is 32.0 Å². The van der Waals surface area contributed by atoms with Crippen LogP contribution in [-0.4, -0.2) is 52.0 Å². The van der Waals surface area contributed by atoms with Crippen LogP contribution in [0.5, 0.6) is 0 Å². The average Bonchev–Trinajstić information content (AvgIpc) is 3.37. The van der Waals surface area contributed by atoms with Gasteiger partial charge in [-0.05, 0) is 30.5 Å². The SMILES string of the molecule is O=C(Cc1ccc(F)cc1)N1CCN(Cc2noc(C3CC3)n2)CC1. The Morgan fingerprint density at radius 1 is 1.16 bits per heavy atom. The van der Waals surface area contributed by atoms with Crippen LogP contribution >= 0.6 is 0 Å². The normalized spacial score (nSPS) is 18.5. The molecule has 2 heterocycles. The average molecular weight is 344 g/mol. The molecular formula is C18H21FN4O2. The number of benzene rings is 1. The van der Waals surface area contributed by atoms with E-state index in [0.717, 1.165) is 43.2 Å². The summed E-state index contributed by atoms with van der Waals surface area (Å²) >= 11 is 0. The van der Waals surface area contributed by atoms with Gasteiger partial charge in [0.15, 0.2) is 5.82 Å². The lowest BCUT2D eigenvalue weighted by Crippen LogP contribution is -2.48. The van der Waals surface area contributed by atoms with Gasteiger partial charge in [0.1, 0.15) is 5.82 Å². The Kier molecular flexibility index (Phi) is 4.48. The van der Waals surface area contributed by atoms with Crippen molar-refractivity contribution in [3.05, 3.63) is 47.4 Å². The van der Waals surface area contributed by atoms with Crippen LogP contribution in [0, 0.1) is 5.82 Å². The minimum absolute atomic E-state index is 0.0850. The number of hydrogen-bond donors (Lipinski definition) is 0. The Bertz CT molecular complexity index is 734. The summed E-state index contributed by atoms with van der Waals surface area (Å²) in [6.07, 6.45) is 2.61. The predicted octanol–water partition coefficient (Wildman–Crippen LogP) is 1.97. The molecule has 1 aliphatic carbocycles. The fourth-order valence-corrected chi connectivity index (χ4v) is 3.07. The number of hydrogen-bond acceptors (Lipinski definition) is 5. The topological polar surface area (TPSA) is 62.5 Å². The van der Waals surface area contributed by atoms with Crippen molar-refractivity contribution in [1.29, 1.82) is 0 Å². The molecule has 2 aliphatic rings. The number of nitrogens with zero attached hydrogens (tertiary/aromatic N) is 4.